The number of aliphatic hydroxyl groups excluding tert-OH is 1. The summed E-state index contributed by atoms with van der Waals surface area (Å²) in [7, 11) is 0. The van der Waals surface area contributed by atoms with Crippen molar-refractivity contribution < 1.29 is 33.7 Å². The van der Waals surface area contributed by atoms with E-state index in [9.17, 15) is 19.5 Å². The third-order valence-corrected chi connectivity index (χ3v) is 7.51. The predicted molar refractivity (Wildman–Crippen MR) is 157 cm³/mol. The number of nitrogens with zero attached hydrogens (tertiary/aromatic N) is 2. The number of ketones is 1. The highest BCUT2D eigenvalue weighted by molar-refractivity contribution is 7.17. The van der Waals surface area contributed by atoms with Crippen LogP contribution in [0.2, 0.25) is 0 Å². The van der Waals surface area contributed by atoms with E-state index in [2.05, 4.69) is 11.6 Å². The van der Waals surface area contributed by atoms with Gasteiger partial charge in [0.2, 0.25) is 0 Å². The lowest BCUT2D eigenvalue weighted by atomic mass is 9.95. The highest BCUT2D eigenvalue weighted by atomic mass is 32.1. The number of esters is 1. The van der Waals surface area contributed by atoms with Crippen molar-refractivity contribution in [2.75, 3.05) is 24.7 Å². The van der Waals surface area contributed by atoms with E-state index in [1.54, 1.807) is 62.4 Å². The number of hydrogen-bond acceptors (Lipinski definition) is 9. The fourth-order valence-corrected chi connectivity index (χ4v) is 5.43. The van der Waals surface area contributed by atoms with Crippen molar-refractivity contribution in [3.63, 3.8) is 0 Å². The minimum atomic E-state index is -1.01. The topological polar surface area (TPSA) is 115 Å². The number of amides is 1. The Morgan fingerprint density at radius 2 is 1.85 bits per heavy atom. The number of aromatic nitrogens is 1. The lowest BCUT2D eigenvalue weighted by molar-refractivity contribution is -0.132. The van der Waals surface area contributed by atoms with Gasteiger partial charge in [0, 0.05) is 5.56 Å². The maximum atomic E-state index is 13.5. The molecule has 1 aromatic heterocycles. The van der Waals surface area contributed by atoms with Gasteiger partial charge in [0.25, 0.3) is 5.78 Å². The van der Waals surface area contributed by atoms with Crippen molar-refractivity contribution in [2.24, 2.45) is 0 Å². The number of rotatable bonds is 11. The fraction of sp³-hybridized carbons (Fsp3) is 0.290. The SMILES string of the molecule is C=CCOc1ccc(/C(O)=C2\C(=O)C(=O)N(c3nc(C)c(C(=O)OCC)s3)C2c2ccc(OCCC)cc2)cc1C. The van der Waals surface area contributed by atoms with Gasteiger partial charge >= 0.3 is 11.9 Å². The Bertz CT molecular complexity index is 1510. The molecule has 0 saturated carbocycles. The minimum absolute atomic E-state index is 0.0954. The van der Waals surface area contributed by atoms with Gasteiger partial charge in [-0.05, 0) is 68.7 Å². The number of aliphatic hydroxyl groups is 1. The summed E-state index contributed by atoms with van der Waals surface area (Å²) in [5.74, 6) is -1.39. The molecule has 4 rings (SSSR count). The first-order valence-corrected chi connectivity index (χ1v) is 14.1. The van der Waals surface area contributed by atoms with Gasteiger partial charge < -0.3 is 19.3 Å². The molecule has 0 radical (unpaired) electrons. The van der Waals surface area contributed by atoms with Crippen molar-refractivity contribution in [3.05, 3.63) is 88.0 Å². The van der Waals surface area contributed by atoms with Crippen molar-refractivity contribution in [3.8, 4) is 11.5 Å². The normalized spacial score (nSPS) is 16.1. The zero-order chi connectivity index (χ0) is 29.7. The van der Waals surface area contributed by atoms with Gasteiger partial charge in [-0.3, -0.25) is 14.5 Å². The van der Waals surface area contributed by atoms with E-state index in [4.69, 9.17) is 14.2 Å². The van der Waals surface area contributed by atoms with Gasteiger partial charge in [0.1, 0.15) is 28.7 Å². The zero-order valence-electron chi connectivity index (χ0n) is 23.4. The lowest BCUT2D eigenvalue weighted by Gasteiger charge is -2.23. The van der Waals surface area contributed by atoms with E-state index in [0.29, 0.717) is 41.5 Å². The Balaban J connectivity index is 1.85. The highest BCUT2D eigenvalue weighted by Crippen LogP contribution is 2.44. The molecule has 214 valence electrons. The summed E-state index contributed by atoms with van der Waals surface area (Å²) in [4.78, 5) is 45.5. The van der Waals surface area contributed by atoms with Crippen LogP contribution in [0.4, 0.5) is 5.13 Å². The Hall–Kier alpha value is -4.44. The van der Waals surface area contributed by atoms with E-state index < -0.39 is 23.7 Å². The molecule has 1 amide bonds. The first-order chi connectivity index (χ1) is 19.7. The molecule has 0 bridgehead atoms. The smallest absolute Gasteiger partial charge is 0.350 e. The van der Waals surface area contributed by atoms with Crippen LogP contribution in [-0.2, 0) is 14.3 Å². The third-order valence-electron chi connectivity index (χ3n) is 6.37. The second-order valence-corrected chi connectivity index (χ2v) is 10.3. The van der Waals surface area contributed by atoms with E-state index in [1.165, 1.54) is 4.90 Å². The summed E-state index contributed by atoms with van der Waals surface area (Å²) in [6.07, 6.45) is 2.46. The van der Waals surface area contributed by atoms with Crippen molar-refractivity contribution in [2.45, 2.75) is 40.2 Å². The number of benzene rings is 2. The Morgan fingerprint density at radius 3 is 2.49 bits per heavy atom. The van der Waals surface area contributed by atoms with E-state index >= 15 is 0 Å². The molecule has 1 N–H and O–H groups in total. The number of ether oxygens (including phenoxy) is 3. The van der Waals surface area contributed by atoms with Crippen LogP contribution in [0.3, 0.4) is 0 Å². The summed E-state index contributed by atoms with van der Waals surface area (Å²) in [6.45, 7) is 11.8. The fourth-order valence-electron chi connectivity index (χ4n) is 4.45. The molecule has 2 heterocycles. The number of thiazole rings is 1. The monoisotopic (exact) mass is 576 g/mol. The molecular formula is C31H32N2O7S. The molecule has 10 heteroatoms. The first-order valence-electron chi connectivity index (χ1n) is 13.2. The molecule has 9 nitrogen and oxygen atoms in total. The number of carbonyl (C=O) groups is 3. The maximum absolute atomic E-state index is 13.5. The summed E-state index contributed by atoms with van der Waals surface area (Å²) in [5.41, 5.74) is 1.92. The molecule has 1 aliphatic heterocycles. The molecule has 2 aromatic carbocycles. The van der Waals surface area contributed by atoms with Crippen LogP contribution in [0.5, 0.6) is 11.5 Å². The van der Waals surface area contributed by atoms with Gasteiger partial charge in [0.15, 0.2) is 5.13 Å². The second-order valence-electron chi connectivity index (χ2n) is 9.30. The van der Waals surface area contributed by atoms with Gasteiger partial charge in [-0.2, -0.15) is 0 Å². The molecular weight excluding hydrogens is 544 g/mol. The van der Waals surface area contributed by atoms with E-state index in [-0.39, 0.29) is 27.9 Å². The van der Waals surface area contributed by atoms with Gasteiger partial charge in [0.05, 0.1) is 30.5 Å². The predicted octanol–water partition coefficient (Wildman–Crippen LogP) is 5.92. The first kappa shape index (κ1) is 29.5. The molecule has 1 fully saturated rings. The maximum Gasteiger partial charge on any atom is 0.350 e. The van der Waals surface area contributed by atoms with Gasteiger partial charge in [-0.1, -0.05) is 43.0 Å². The number of carbonyl (C=O) groups excluding carboxylic acids is 3. The van der Waals surface area contributed by atoms with E-state index in [1.807, 2.05) is 13.8 Å². The van der Waals surface area contributed by atoms with Gasteiger partial charge in [-0.25, -0.2) is 9.78 Å². The van der Waals surface area contributed by atoms with Crippen molar-refractivity contribution >= 4 is 39.9 Å². The largest absolute Gasteiger partial charge is 0.507 e. The number of hydrogen-bond donors (Lipinski definition) is 1. The van der Waals surface area contributed by atoms with Crippen LogP contribution in [0.15, 0.2) is 60.7 Å². The Labute approximate surface area is 242 Å². The lowest BCUT2D eigenvalue weighted by Crippen LogP contribution is -2.29. The van der Waals surface area contributed by atoms with E-state index in [0.717, 1.165) is 23.3 Å². The Kier molecular flexibility index (Phi) is 9.24. The number of Topliss-reactive ketones (excluding diaryl/α,β-unsaturated/α-hetero) is 1. The number of aryl methyl sites for hydroxylation is 2. The summed E-state index contributed by atoms with van der Waals surface area (Å²) in [5, 5.41) is 11.6. The summed E-state index contributed by atoms with van der Waals surface area (Å²) < 4.78 is 16.5. The molecule has 0 spiro atoms. The molecule has 3 aromatic rings. The standard InChI is InChI=1S/C31H32N2O7S/c1-6-15-39-22-12-9-20(10-13-22)25-24(26(34)21-11-14-23(18(4)17-21)40-16-7-2)27(35)29(36)33(25)31-32-19(5)28(41-31)30(37)38-8-3/h7,9-14,17,25,34H,2,6,8,15-16H2,1,3-5H3/b26-24+. The molecule has 1 saturated heterocycles. The van der Waals surface area contributed by atoms with Crippen LogP contribution in [-0.4, -0.2) is 47.6 Å². The summed E-state index contributed by atoms with van der Waals surface area (Å²) >= 11 is 0.959. The quantitative estimate of drug-likeness (QED) is 0.0984. The minimum Gasteiger partial charge on any atom is -0.507 e. The molecule has 1 atom stereocenters. The third kappa shape index (κ3) is 6.02. The number of anilines is 1. The Morgan fingerprint density at radius 1 is 1.12 bits per heavy atom. The van der Waals surface area contributed by atoms with Crippen molar-refractivity contribution in [1.82, 2.24) is 4.98 Å². The highest BCUT2D eigenvalue weighted by Gasteiger charge is 2.48. The van der Waals surface area contributed by atoms with Gasteiger partial charge in [-0.15, -0.1) is 0 Å². The summed E-state index contributed by atoms with van der Waals surface area (Å²) in [6, 6.07) is 11.0. The average Bonchev–Trinajstić information content (AvgIpc) is 3.47. The van der Waals surface area contributed by atoms with Crippen LogP contribution < -0.4 is 14.4 Å². The molecule has 0 aliphatic carbocycles. The van der Waals surface area contributed by atoms with Crippen molar-refractivity contribution in [1.29, 1.82) is 0 Å². The van der Waals surface area contributed by atoms with Crippen LogP contribution in [0, 0.1) is 13.8 Å². The molecule has 1 aliphatic rings. The van der Waals surface area contributed by atoms with Crippen LogP contribution in [0.1, 0.15) is 58.4 Å². The molecule has 1 unspecified atom stereocenters. The average molecular weight is 577 g/mol. The van der Waals surface area contributed by atoms with Crippen LogP contribution in [0.25, 0.3) is 5.76 Å². The molecule has 41 heavy (non-hydrogen) atoms. The second kappa shape index (κ2) is 12.8. The zero-order valence-corrected chi connectivity index (χ0v) is 24.2. The van der Waals surface area contributed by atoms with Crippen LogP contribution >= 0.6 is 11.3 Å².